The zero-order valence-corrected chi connectivity index (χ0v) is 16.5. The maximum absolute atomic E-state index is 14.0. The van der Waals surface area contributed by atoms with Crippen LogP contribution >= 0.6 is 0 Å². The molecule has 0 bridgehead atoms. The number of amides is 1. The molecule has 30 heavy (non-hydrogen) atoms. The molecule has 0 aliphatic heterocycles. The van der Waals surface area contributed by atoms with E-state index in [1.54, 1.807) is 31.4 Å². The van der Waals surface area contributed by atoms with Gasteiger partial charge < -0.3 is 10.1 Å². The third-order valence-electron chi connectivity index (χ3n) is 4.66. The first-order valence-electron chi connectivity index (χ1n) is 9.43. The van der Waals surface area contributed by atoms with Crippen molar-refractivity contribution in [1.82, 2.24) is 24.9 Å². The Balaban J connectivity index is 1.49. The van der Waals surface area contributed by atoms with Crippen LogP contribution in [0.25, 0.3) is 16.9 Å². The van der Waals surface area contributed by atoms with Crippen LogP contribution in [0.1, 0.15) is 24.4 Å². The first-order valence-corrected chi connectivity index (χ1v) is 9.43. The molecule has 7 nitrogen and oxygen atoms in total. The molecule has 0 aliphatic rings. The number of carbonyl (C=O) groups excluding carboxylic acids is 1. The molecule has 1 amide bonds. The third kappa shape index (κ3) is 4.12. The first-order chi connectivity index (χ1) is 14.5. The Kier molecular flexibility index (Phi) is 5.38. The van der Waals surface area contributed by atoms with Gasteiger partial charge in [0.25, 0.3) is 0 Å². The predicted molar refractivity (Wildman–Crippen MR) is 109 cm³/mol. The van der Waals surface area contributed by atoms with Gasteiger partial charge in [0, 0.05) is 11.6 Å². The van der Waals surface area contributed by atoms with Crippen molar-refractivity contribution in [2.75, 3.05) is 7.11 Å². The minimum absolute atomic E-state index is 0.153. The highest BCUT2D eigenvalue weighted by Crippen LogP contribution is 2.21. The third-order valence-corrected chi connectivity index (χ3v) is 4.66. The number of aromatic nitrogens is 4. The minimum Gasteiger partial charge on any atom is -0.497 e. The number of hydrogen-bond acceptors (Lipinski definition) is 5. The van der Waals surface area contributed by atoms with E-state index in [0.29, 0.717) is 28.5 Å². The quantitative estimate of drug-likeness (QED) is 0.532. The van der Waals surface area contributed by atoms with Crippen molar-refractivity contribution in [3.05, 3.63) is 78.1 Å². The molecule has 1 N–H and O–H groups in total. The molecule has 152 valence electrons. The van der Waals surface area contributed by atoms with Gasteiger partial charge in [-0.05, 0) is 36.8 Å². The molecular weight excluding hydrogens is 385 g/mol. The Morgan fingerprint density at radius 3 is 2.83 bits per heavy atom. The first kappa shape index (κ1) is 19.5. The van der Waals surface area contributed by atoms with Gasteiger partial charge in [-0.15, -0.1) is 5.10 Å². The van der Waals surface area contributed by atoms with E-state index in [4.69, 9.17) is 4.74 Å². The van der Waals surface area contributed by atoms with Gasteiger partial charge in [-0.3, -0.25) is 4.79 Å². The topological polar surface area (TPSA) is 81.4 Å². The fourth-order valence-electron chi connectivity index (χ4n) is 3.14. The average Bonchev–Trinajstić information content (AvgIpc) is 3.17. The summed E-state index contributed by atoms with van der Waals surface area (Å²) in [6, 6.07) is 15.0. The number of fused-ring (bicyclic) bond motifs is 1. The summed E-state index contributed by atoms with van der Waals surface area (Å²) >= 11 is 0. The van der Waals surface area contributed by atoms with E-state index in [0.717, 1.165) is 5.56 Å². The van der Waals surface area contributed by atoms with Gasteiger partial charge in [0.1, 0.15) is 17.9 Å². The molecule has 4 rings (SSSR count). The van der Waals surface area contributed by atoms with E-state index in [1.807, 2.05) is 31.2 Å². The second-order valence-corrected chi connectivity index (χ2v) is 6.84. The maximum atomic E-state index is 14.0. The summed E-state index contributed by atoms with van der Waals surface area (Å²) in [7, 11) is 1.59. The highest BCUT2D eigenvalue weighted by Gasteiger charge is 2.16. The lowest BCUT2D eigenvalue weighted by molar-refractivity contribution is -0.121. The Morgan fingerprint density at radius 1 is 1.20 bits per heavy atom. The summed E-state index contributed by atoms with van der Waals surface area (Å²) in [5.41, 5.74) is 2.23. The Bertz CT molecular complexity index is 1210. The van der Waals surface area contributed by atoms with Gasteiger partial charge in [-0.2, -0.15) is 0 Å². The van der Waals surface area contributed by atoms with Crippen molar-refractivity contribution in [1.29, 1.82) is 0 Å². The van der Waals surface area contributed by atoms with E-state index in [9.17, 15) is 9.18 Å². The molecule has 4 aromatic rings. The van der Waals surface area contributed by atoms with E-state index >= 15 is 0 Å². The number of halogens is 1. The number of rotatable bonds is 6. The fraction of sp³-hybridized carbons (Fsp3) is 0.182. The van der Waals surface area contributed by atoms with Crippen LogP contribution in [0, 0.1) is 5.82 Å². The van der Waals surface area contributed by atoms with Gasteiger partial charge in [0.15, 0.2) is 11.5 Å². The Morgan fingerprint density at radius 2 is 2.03 bits per heavy atom. The lowest BCUT2D eigenvalue weighted by Gasteiger charge is -2.10. The Labute approximate surface area is 172 Å². The summed E-state index contributed by atoms with van der Waals surface area (Å²) in [5.74, 6) is 0.641. The smallest absolute Gasteiger partial charge is 0.225 e. The largest absolute Gasteiger partial charge is 0.497 e. The molecular formula is C22H20FN5O2. The van der Waals surface area contributed by atoms with Crippen molar-refractivity contribution in [2.45, 2.75) is 19.4 Å². The molecule has 0 aliphatic carbocycles. The molecule has 0 saturated carbocycles. The molecule has 0 radical (unpaired) electrons. The lowest BCUT2D eigenvalue weighted by atomic mass is 10.1. The van der Waals surface area contributed by atoms with Crippen molar-refractivity contribution in [3.63, 3.8) is 0 Å². The van der Waals surface area contributed by atoms with E-state index in [-0.39, 0.29) is 18.1 Å². The van der Waals surface area contributed by atoms with E-state index in [2.05, 4.69) is 20.4 Å². The SMILES string of the molecule is COc1cccc(CC(=O)N[C@@H](C)c2nc3cc(-c4ccccc4F)ncn3n2)c1. The summed E-state index contributed by atoms with van der Waals surface area (Å²) in [6.45, 7) is 1.81. The van der Waals surface area contributed by atoms with Crippen LogP contribution in [0.4, 0.5) is 4.39 Å². The molecule has 8 heteroatoms. The van der Waals surface area contributed by atoms with Crippen LogP contribution in [0.5, 0.6) is 5.75 Å². The standard InChI is InChI=1S/C22H20FN5O2/c1-14(25-21(29)11-15-6-5-7-16(10-15)30-2)22-26-20-12-19(24-13-28(20)27-22)17-8-3-4-9-18(17)23/h3-10,12-14H,11H2,1-2H3,(H,25,29)/t14-/m0/s1. The average molecular weight is 405 g/mol. The molecule has 0 fully saturated rings. The van der Waals surface area contributed by atoms with Crippen LogP contribution in [-0.4, -0.2) is 32.6 Å². The second-order valence-electron chi connectivity index (χ2n) is 6.84. The number of nitrogens with one attached hydrogen (secondary N) is 1. The summed E-state index contributed by atoms with van der Waals surface area (Å²) in [4.78, 5) is 21.2. The number of nitrogens with zero attached hydrogens (tertiary/aromatic N) is 4. The van der Waals surface area contributed by atoms with Crippen LogP contribution in [0.3, 0.4) is 0 Å². The predicted octanol–water partition coefficient (Wildman–Crippen LogP) is 3.36. The van der Waals surface area contributed by atoms with Gasteiger partial charge in [-0.1, -0.05) is 24.3 Å². The van der Waals surface area contributed by atoms with Gasteiger partial charge in [-0.25, -0.2) is 18.9 Å². The summed E-state index contributed by atoms with van der Waals surface area (Å²) in [6.07, 6.45) is 1.70. The molecule has 2 heterocycles. The monoisotopic (exact) mass is 405 g/mol. The number of methoxy groups -OCH3 is 1. The van der Waals surface area contributed by atoms with Crippen molar-refractivity contribution in [3.8, 4) is 17.0 Å². The highest BCUT2D eigenvalue weighted by atomic mass is 19.1. The zero-order chi connectivity index (χ0) is 21.1. The molecule has 0 saturated heterocycles. The number of ether oxygens (including phenoxy) is 1. The molecule has 0 spiro atoms. The van der Waals surface area contributed by atoms with Crippen LogP contribution < -0.4 is 10.1 Å². The van der Waals surface area contributed by atoms with Gasteiger partial charge in [0.2, 0.25) is 5.91 Å². The molecule has 2 aromatic heterocycles. The van der Waals surface area contributed by atoms with Crippen LogP contribution in [0.15, 0.2) is 60.9 Å². The minimum atomic E-state index is -0.403. The summed E-state index contributed by atoms with van der Waals surface area (Å²) < 4.78 is 20.7. The van der Waals surface area contributed by atoms with Crippen LogP contribution in [-0.2, 0) is 11.2 Å². The van der Waals surface area contributed by atoms with E-state index in [1.165, 1.54) is 16.9 Å². The molecule has 2 aromatic carbocycles. The number of benzene rings is 2. The van der Waals surface area contributed by atoms with Crippen molar-refractivity contribution >= 4 is 11.6 Å². The highest BCUT2D eigenvalue weighted by molar-refractivity contribution is 5.79. The van der Waals surface area contributed by atoms with Crippen molar-refractivity contribution in [2.24, 2.45) is 0 Å². The number of carbonyl (C=O) groups is 1. The number of hydrogen-bond donors (Lipinski definition) is 1. The van der Waals surface area contributed by atoms with Gasteiger partial charge in [0.05, 0.1) is 25.3 Å². The molecule has 0 unspecified atom stereocenters. The van der Waals surface area contributed by atoms with E-state index < -0.39 is 6.04 Å². The maximum Gasteiger partial charge on any atom is 0.225 e. The van der Waals surface area contributed by atoms with Crippen LogP contribution in [0.2, 0.25) is 0 Å². The Hall–Kier alpha value is -3.81. The van der Waals surface area contributed by atoms with Crippen molar-refractivity contribution < 1.29 is 13.9 Å². The fourth-order valence-corrected chi connectivity index (χ4v) is 3.14. The zero-order valence-electron chi connectivity index (χ0n) is 16.5. The normalized spacial score (nSPS) is 12.0. The summed E-state index contributed by atoms with van der Waals surface area (Å²) in [5, 5.41) is 7.27. The molecule has 1 atom stereocenters. The lowest BCUT2D eigenvalue weighted by Crippen LogP contribution is -2.28. The second kappa shape index (κ2) is 8.28. The van der Waals surface area contributed by atoms with Gasteiger partial charge >= 0.3 is 0 Å².